The fourth-order valence-electron chi connectivity index (χ4n) is 2.09. The van der Waals surface area contributed by atoms with Gasteiger partial charge in [-0.25, -0.2) is 4.79 Å². The first kappa shape index (κ1) is 19.0. The zero-order valence-electron chi connectivity index (χ0n) is 14.0. The standard InChI is InChI=1S/C18H18N2O3S2/c1-3-23-18(22)16-12(2)14(11-19)17(25-16)20-15(21)9-10-24-13-7-5-4-6-8-13/h4-8H,3,9-10H2,1-2H3,(H,20,21). The normalized spacial score (nSPS) is 10.1. The summed E-state index contributed by atoms with van der Waals surface area (Å²) in [7, 11) is 0. The van der Waals surface area contributed by atoms with Crippen LogP contribution in [0, 0.1) is 18.3 Å². The molecule has 2 rings (SSSR count). The predicted molar refractivity (Wildman–Crippen MR) is 100 cm³/mol. The van der Waals surface area contributed by atoms with Gasteiger partial charge in [0.2, 0.25) is 5.91 Å². The van der Waals surface area contributed by atoms with Gasteiger partial charge in [0.05, 0.1) is 12.2 Å². The molecular weight excluding hydrogens is 356 g/mol. The number of rotatable bonds is 7. The molecule has 0 radical (unpaired) electrons. The van der Waals surface area contributed by atoms with Crippen LogP contribution in [0.3, 0.4) is 0 Å². The van der Waals surface area contributed by atoms with Crippen molar-refractivity contribution in [1.82, 2.24) is 0 Å². The average Bonchev–Trinajstić information content (AvgIpc) is 2.91. The molecule has 130 valence electrons. The van der Waals surface area contributed by atoms with Crippen molar-refractivity contribution in [3.8, 4) is 6.07 Å². The van der Waals surface area contributed by atoms with E-state index in [4.69, 9.17) is 4.74 Å². The SMILES string of the molecule is CCOC(=O)c1sc(NC(=O)CCSc2ccccc2)c(C#N)c1C. The van der Waals surface area contributed by atoms with E-state index in [1.807, 2.05) is 30.3 Å². The third-order valence-corrected chi connectivity index (χ3v) is 5.51. The lowest BCUT2D eigenvalue weighted by atomic mass is 10.2. The van der Waals surface area contributed by atoms with Crippen LogP contribution < -0.4 is 5.32 Å². The molecule has 1 amide bonds. The van der Waals surface area contributed by atoms with Crippen LogP contribution in [-0.4, -0.2) is 24.2 Å². The van der Waals surface area contributed by atoms with Crippen LogP contribution >= 0.6 is 23.1 Å². The van der Waals surface area contributed by atoms with Gasteiger partial charge in [0.1, 0.15) is 15.9 Å². The van der Waals surface area contributed by atoms with Crippen molar-refractivity contribution in [3.05, 3.63) is 46.3 Å². The minimum atomic E-state index is -0.471. The highest BCUT2D eigenvalue weighted by molar-refractivity contribution is 7.99. The number of hydrogen-bond acceptors (Lipinski definition) is 6. The van der Waals surface area contributed by atoms with E-state index in [2.05, 4.69) is 11.4 Å². The molecule has 0 aliphatic heterocycles. The number of thioether (sulfide) groups is 1. The van der Waals surface area contributed by atoms with Crippen LogP contribution in [0.4, 0.5) is 5.00 Å². The maximum Gasteiger partial charge on any atom is 0.348 e. The van der Waals surface area contributed by atoms with Crippen molar-refractivity contribution in [2.24, 2.45) is 0 Å². The summed E-state index contributed by atoms with van der Waals surface area (Å²) in [6.45, 7) is 3.66. The second-order valence-corrected chi connectivity index (χ2v) is 7.24. The van der Waals surface area contributed by atoms with E-state index in [0.717, 1.165) is 16.2 Å². The molecule has 1 aromatic heterocycles. The fourth-order valence-corrected chi connectivity index (χ4v) is 4.03. The van der Waals surface area contributed by atoms with Crippen LogP contribution in [0.5, 0.6) is 0 Å². The minimum absolute atomic E-state index is 0.184. The first-order valence-corrected chi connectivity index (χ1v) is 9.55. The summed E-state index contributed by atoms with van der Waals surface area (Å²) in [5.41, 5.74) is 0.858. The highest BCUT2D eigenvalue weighted by Gasteiger charge is 2.22. The van der Waals surface area contributed by atoms with Gasteiger partial charge in [0.25, 0.3) is 0 Å². The Morgan fingerprint density at radius 3 is 2.68 bits per heavy atom. The molecule has 1 aromatic carbocycles. The number of anilines is 1. The Labute approximate surface area is 155 Å². The third-order valence-electron chi connectivity index (χ3n) is 3.31. The summed E-state index contributed by atoms with van der Waals surface area (Å²) in [6.07, 6.45) is 0.316. The number of esters is 1. The van der Waals surface area contributed by atoms with Crippen LogP contribution in [0.15, 0.2) is 35.2 Å². The summed E-state index contributed by atoms with van der Waals surface area (Å²) in [5.74, 6) is -0.0227. The molecule has 0 fully saturated rings. The molecule has 1 N–H and O–H groups in total. The number of benzene rings is 1. The molecule has 0 saturated heterocycles. The van der Waals surface area contributed by atoms with Crippen molar-refractivity contribution in [2.75, 3.05) is 17.7 Å². The van der Waals surface area contributed by atoms with Crippen molar-refractivity contribution in [1.29, 1.82) is 5.26 Å². The van der Waals surface area contributed by atoms with Crippen LogP contribution in [0.25, 0.3) is 0 Å². The smallest absolute Gasteiger partial charge is 0.348 e. The number of nitriles is 1. The van der Waals surface area contributed by atoms with E-state index < -0.39 is 5.97 Å². The van der Waals surface area contributed by atoms with Crippen LogP contribution in [-0.2, 0) is 9.53 Å². The van der Waals surface area contributed by atoms with Gasteiger partial charge in [-0.1, -0.05) is 18.2 Å². The first-order valence-electron chi connectivity index (χ1n) is 7.75. The number of carbonyl (C=O) groups is 2. The van der Waals surface area contributed by atoms with Crippen molar-refractivity contribution in [2.45, 2.75) is 25.2 Å². The molecular formula is C18H18N2O3S2. The Morgan fingerprint density at radius 1 is 1.32 bits per heavy atom. The average molecular weight is 374 g/mol. The fraction of sp³-hybridized carbons (Fsp3) is 0.278. The monoisotopic (exact) mass is 374 g/mol. The third kappa shape index (κ3) is 5.08. The van der Waals surface area contributed by atoms with E-state index in [0.29, 0.717) is 33.2 Å². The summed E-state index contributed by atoms with van der Waals surface area (Å²) in [6, 6.07) is 11.9. The quantitative estimate of drug-likeness (QED) is 0.580. The molecule has 0 aliphatic carbocycles. The molecule has 0 aliphatic rings. The lowest BCUT2D eigenvalue weighted by molar-refractivity contribution is -0.115. The number of nitrogens with one attached hydrogen (secondary N) is 1. The molecule has 0 saturated carbocycles. The number of hydrogen-bond donors (Lipinski definition) is 1. The van der Waals surface area contributed by atoms with Crippen molar-refractivity contribution >= 4 is 40.0 Å². The topological polar surface area (TPSA) is 79.2 Å². The Morgan fingerprint density at radius 2 is 2.04 bits per heavy atom. The molecule has 0 unspecified atom stereocenters. The van der Waals surface area contributed by atoms with Crippen molar-refractivity contribution in [3.63, 3.8) is 0 Å². The maximum absolute atomic E-state index is 12.1. The molecule has 2 aromatic rings. The Hall–Kier alpha value is -2.30. The Balaban J connectivity index is 1.99. The number of nitrogens with zero attached hydrogens (tertiary/aromatic N) is 1. The predicted octanol–water partition coefficient (Wildman–Crippen LogP) is 4.23. The van der Waals surface area contributed by atoms with Gasteiger partial charge in [-0.15, -0.1) is 23.1 Å². The molecule has 0 spiro atoms. The molecule has 7 heteroatoms. The number of thiophene rings is 1. The minimum Gasteiger partial charge on any atom is -0.462 e. The largest absolute Gasteiger partial charge is 0.462 e. The zero-order valence-corrected chi connectivity index (χ0v) is 15.6. The van der Waals surface area contributed by atoms with E-state index in [9.17, 15) is 14.9 Å². The number of amides is 1. The van der Waals surface area contributed by atoms with E-state index >= 15 is 0 Å². The zero-order chi connectivity index (χ0) is 18.2. The molecule has 1 heterocycles. The number of carbonyl (C=O) groups excluding carboxylic acids is 2. The van der Waals surface area contributed by atoms with Gasteiger partial charge in [0.15, 0.2) is 0 Å². The Kier molecular flexibility index (Phi) is 7.04. The molecule has 25 heavy (non-hydrogen) atoms. The summed E-state index contributed by atoms with van der Waals surface area (Å²) in [5, 5.41) is 12.5. The van der Waals surface area contributed by atoms with Crippen LogP contribution in [0.2, 0.25) is 0 Å². The molecule has 0 atom stereocenters. The lowest BCUT2D eigenvalue weighted by Gasteiger charge is -2.03. The molecule has 5 nitrogen and oxygen atoms in total. The van der Waals surface area contributed by atoms with Crippen LogP contribution in [0.1, 0.15) is 34.1 Å². The van der Waals surface area contributed by atoms with Gasteiger partial charge in [-0.05, 0) is 31.5 Å². The van der Waals surface area contributed by atoms with E-state index in [1.54, 1.807) is 25.6 Å². The van der Waals surface area contributed by atoms with Gasteiger partial charge in [0, 0.05) is 17.1 Å². The van der Waals surface area contributed by atoms with Gasteiger partial charge in [-0.3, -0.25) is 4.79 Å². The van der Waals surface area contributed by atoms with E-state index in [-0.39, 0.29) is 12.5 Å². The summed E-state index contributed by atoms with van der Waals surface area (Å²) in [4.78, 5) is 25.5. The van der Waals surface area contributed by atoms with Gasteiger partial charge in [-0.2, -0.15) is 5.26 Å². The lowest BCUT2D eigenvalue weighted by Crippen LogP contribution is -2.12. The molecule has 0 bridgehead atoms. The summed E-state index contributed by atoms with van der Waals surface area (Å²) >= 11 is 2.67. The number of ether oxygens (including phenoxy) is 1. The second-order valence-electron chi connectivity index (χ2n) is 5.05. The highest BCUT2D eigenvalue weighted by atomic mass is 32.2. The Bertz CT molecular complexity index is 795. The first-order chi connectivity index (χ1) is 12.1. The van der Waals surface area contributed by atoms with Gasteiger partial charge >= 0.3 is 5.97 Å². The van der Waals surface area contributed by atoms with E-state index in [1.165, 1.54) is 0 Å². The van der Waals surface area contributed by atoms with Crippen molar-refractivity contribution < 1.29 is 14.3 Å². The van der Waals surface area contributed by atoms with Gasteiger partial charge < -0.3 is 10.1 Å². The highest BCUT2D eigenvalue weighted by Crippen LogP contribution is 2.33. The summed E-state index contributed by atoms with van der Waals surface area (Å²) < 4.78 is 4.99. The maximum atomic E-state index is 12.1. The second kappa shape index (κ2) is 9.25.